The van der Waals surface area contributed by atoms with Crippen molar-refractivity contribution in [3.05, 3.63) is 37.5 Å². The Bertz CT molecular complexity index is 977. The van der Waals surface area contributed by atoms with Gasteiger partial charge in [-0.25, -0.2) is 0 Å². The maximum atomic E-state index is 13.7. The Hall–Kier alpha value is -2.44. The molecule has 2 saturated heterocycles. The lowest BCUT2D eigenvalue weighted by Crippen LogP contribution is -2.42. The minimum absolute atomic E-state index is 0.0509. The molecular weight excluding hydrogens is 451 g/mol. The van der Waals surface area contributed by atoms with Gasteiger partial charge < -0.3 is 0 Å². The molecule has 0 bridgehead atoms. The van der Waals surface area contributed by atoms with E-state index in [0.29, 0.717) is 19.4 Å². The number of carbonyl (C=O) groups excluding carboxylic acids is 4. The van der Waals surface area contributed by atoms with Crippen molar-refractivity contribution in [3.8, 4) is 0 Å². The molecule has 8 atom stereocenters. The van der Waals surface area contributed by atoms with Gasteiger partial charge in [0.1, 0.15) is 0 Å². The molecule has 6 nitrogen and oxygen atoms in total. The number of likely N-dealkylation sites (tertiary alicyclic amines) is 2. The largest absolute Gasteiger partial charge is 0.291 e. The van der Waals surface area contributed by atoms with Gasteiger partial charge >= 0.3 is 0 Å². The third kappa shape index (κ3) is 3.94. The fourth-order valence-electron chi connectivity index (χ4n) is 7.49. The van der Waals surface area contributed by atoms with E-state index in [9.17, 15) is 19.2 Å². The number of allylic oxidation sites excluding steroid dienone is 4. The lowest BCUT2D eigenvalue weighted by Gasteiger charge is -2.34. The van der Waals surface area contributed by atoms with Crippen LogP contribution >= 0.6 is 0 Å². The van der Waals surface area contributed by atoms with Gasteiger partial charge in [-0.05, 0) is 67.6 Å². The molecule has 4 fully saturated rings. The van der Waals surface area contributed by atoms with Crippen LogP contribution in [0.3, 0.4) is 0 Å². The topological polar surface area (TPSA) is 74.8 Å². The summed E-state index contributed by atoms with van der Waals surface area (Å²) in [7, 11) is 5.68. The monoisotopic (exact) mass is 490 g/mol. The number of carbonyl (C=O) groups is 4. The summed E-state index contributed by atoms with van der Waals surface area (Å²) in [6, 6.07) is 0. The van der Waals surface area contributed by atoms with Gasteiger partial charge in [-0.1, -0.05) is 45.1 Å². The molecule has 8 unspecified atom stereocenters. The first-order valence-corrected chi connectivity index (χ1v) is 13.6. The van der Waals surface area contributed by atoms with Gasteiger partial charge in [-0.3, -0.25) is 29.0 Å². The molecule has 0 spiro atoms. The number of hydrogen-bond acceptors (Lipinski definition) is 4. The molecule has 2 radical (unpaired) electrons. The summed E-state index contributed by atoms with van der Waals surface area (Å²) in [5.74, 6) is -2.53. The summed E-state index contributed by atoms with van der Waals surface area (Å²) in [5.41, 5.74) is -0.0538. The van der Waals surface area contributed by atoms with E-state index in [1.54, 1.807) is 6.08 Å². The SMILES string of the molecule is [B]CN1C(=O)C2C(C=C)CC(/C=C\C3CC(C=C)C4C(=O)N(CC(CC)(CC)CC)C(=O)C34)C2C1=O. The van der Waals surface area contributed by atoms with E-state index in [-0.39, 0.29) is 65.1 Å². The Morgan fingerprint density at radius 2 is 1.08 bits per heavy atom. The second-order valence-corrected chi connectivity index (χ2v) is 11.2. The Kier molecular flexibility index (Phi) is 7.50. The summed E-state index contributed by atoms with van der Waals surface area (Å²) >= 11 is 0. The van der Waals surface area contributed by atoms with E-state index in [4.69, 9.17) is 7.85 Å². The van der Waals surface area contributed by atoms with Gasteiger partial charge in [0.15, 0.2) is 0 Å². The highest BCUT2D eigenvalue weighted by Crippen LogP contribution is 2.52. The second kappa shape index (κ2) is 10.1. The minimum Gasteiger partial charge on any atom is -0.291 e. The van der Waals surface area contributed by atoms with E-state index >= 15 is 0 Å². The molecule has 2 aliphatic carbocycles. The van der Waals surface area contributed by atoms with Crippen LogP contribution in [-0.2, 0) is 19.2 Å². The lowest BCUT2D eigenvalue weighted by atomic mass is 9.79. The van der Waals surface area contributed by atoms with E-state index < -0.39 is 17.8 Å². The number of nitrogens with zero attached hydrogens (tertiary/aromatic N) is 2. The van der Waals surface area contributed by atoms with E-state index in [1.807, 2.05) is 18.2 Å². The predicted molar refractivity (Wildman–Crippen MR) is 139 cm³/mol. The quantitative estimate of drug-likeness (QED) is 0.266. The first kappa shape index (κ1) is 26.6. The van der Waals surface area contributed by atoms with Crippen molar-refractivity contribution in [1.29, 1.82) is 0 Å². The number of imide groups is 2. The van der Waals surface area contributed by atoms with Gasteiger partial charge in [-0.15, -0.1) is 13.2 Å². The van der Waals surface area contributed by atoms with Crippen LogP contribution in [0.5, 0.6) is 0 Å². The zero-order valence-corrected chi connectivity index (χ0v) is 21.9. The number of hydrogen-bond donors (Lipinski definition) is 0. The van der Waals surface area contributed by atoms with Gasteiger partial charge in [0.25, 0.3) is 0 Å². The molecular formula is C29H39BN2O4. The Labute approximate surface area is 216 Å². The van der Waals surface area contributed by atoms with Crippen LogP contribution < -0.4 is 0 Å². The van der Waals surface area contributed by atoms with Crippen molar-refractivity contribution >= 4 is 31.5 Å². The first-order valence-electron chi connectivity index (χ1n) is 13.6. The summed E-state index contributed by atoms with van der Waals surface area (Å²) in [6.07, 6.45) is 11.7. The molecule has 2 saturated carbocycles. The molecule has 4 aliphatic rings. The van der Waals surface area contributed by atoms with Crippen LogP contribution in [0.4, 0.5) is 0 Å². The summed E-state index contributed by atoms with van der Waals surface area (Å²) in [5, 5.41) is 0. The van der Waals surface area contributed by atoms with Gasteiger partial charge in [-0.2, -0.15) is 0 Å². The Morgan fingerprint density at radius 3 is 1.42 bits per heavy atom. The molecule has 7 heteroatoms. The third-order valence-corrected chi connectivity index (χ3v) is 10.0. The third-order valence-electron chi connectivity index (χ3n) is 10.0. The maximum absolute atomic E-state index is 13.7. The molecule has 0 N–H and O–H groups in total. The van der Waals surface area contributed by atoms with Crippen LogP contribution in [0, 0.1) is 52.8 Å². The molecule has 2 heterocycles. The highest BCUT2D eigenvalue weighted by atomic mass is 16.2. The van der Waals surface area contributed by atoms with E-state index in [0.717, 1.165) is 24.2 Å². The standard InChI is InChI=1S/C29H39BN2O4/c1-6-17-13-19(23-21(17)25(33)31(26(23)34)15-29(8-3,9-4)10-5)11-12-20-14-18(7-2)22-24(20)28(36)32(16-30)27(22)35/h6-7,11-12,17-24H,1-2,8-10,13-16H2,3-5H3/b12-11-. The fourth-order valence-corrected chi connectivity index (χ4v) is 7.49. The zero-order chi connectivity index (χ0) is 26.4. The summed E-state index contributed by atoms with van der Waals surface area (Å²) < 4.78 is 0. The highest BCUT2D eigenvalue weighted by molar-refractivity contribution is 6.15. The van der Waals surface area contributed by atoms with E-state index in [2.05, 4.69) is 33.9 Å². The van der Waals surface area contributed by atoms with Crippen molar-refractivity contribution in [1.82, 2.24) is 9.80 Å². The summed E-state index contributed by atoms with van der Waals surface area (Å²) in [4.78, 5) is 55.6. The summed E-state index contributed by atoms with van der Waals surface area (Å²) in [6.45, 7) is 14.7. The van der Waals surface area contributed by atoms with Crippen molar-refractivity contribution < 1.29 is 19.2 Å². The number of amides is 4. The predicted octanol–water partition coefficient (Wildman–Crippen LogP) is 3.73. The van der Waals surface area contributed by atoms with Crippen molar-refractivity contribution in [2.75, 3.05) is 13.0 Å². The van der Waals surface area contributed by atoms with Crippen molar-refractivity contribution in [2.24, 2.45) is 52.8 Å². The minimum atomic E-state index is -0.440. The van der Waals surface area contributed by atoms with Gasteiger partial charge in [0.05, 0.1) is 31.5 Å². The smallest absolute Gasteiger partial charge is 0.233 e. The maximum Gasteiger partial charge on any atom is 0.233 e. The first-order chi connectivity index (χ1) is 17.2. The van der Waals surface area contributed by atoms with E-state index in [1.165, 1.54) is 4.90 Å². The van der Waals surface area contributed by atoms with Gasteiger partial charge in [0, 0.05) is 6.54 Å². The normalized spacial score (nSPS) is 36.3. The van der Waals surface area contributed by atoms with Crippen LogP contribution in [0.25, 0.3) is 0 Å². The fraction of sp³-hybridized carbons (Fsp3) is 0.655. The molecule has 2 aliphatic heterocycles. The average molecular weight is 490 g/mol. The molecule has 0 aromatic heterocycles. The Balaban J connectivity index is 1.58. The van der Waals surface area contributed by atoms with Crippen LogP contribution in [0.15, 0.2) is 37.5 Å². The number of rotatable bonds is 10. The number of fused-ring (bicyclic) bond motifs is 2. The molecule has 36 heavy (non-hydrogen) atoms. The molecule has 4 amide bonds. The zero-order valence-electron chi connectivity index (χ0n) is 21.9. The van der Waals surface area contributed by atoms with Gasteiger partial charge in [0.2, 0.25) is 23.6 Å². The lowest BCUT2D eigenvalue weighted by molar-refractivity contribution is -0.143. The molecule has 0 aromatic rings. The molecule has 4 rings (SSSR count). The highest BCUT2D eigenvalue weighted by Gasteiger charge is 2.59. The van der Waals surface area contributed by atoms with Crippen molar-refractivity contribution in [2.45, 2.75) is 52.9 Å². The molecule has 0 aromatic carbocycles. The van der Waals surface area contributed by atoms with Crippen LogP contribution in [0.2, 0.25) is 0 Å². The average Bonchev–Trinajstić information content (AvgIpc) is 3.58. The van der Waals surface area contributed by atoms with Crippen LogP contribution in [-0.4, -0.2) is 54.3 Å². The van der Waals surface area contributed by atoms with Crippen molar-refractivity contribution in [3.63, 3.8) is 0 Å². The second-order valence-electron chi connectivity index (χ2n) is 11.2. The molecule has 192 valence electrons. The Morgan fingerprint density at radius 1 is 0.722 bits per heavy atom. The van der Waals surface area contributed by atoms with Crippen LogP contribution in [0.1, 0.15) is 52.9 Å².